The SMILES string of the molecule is CC1(N)CC[C@@H]2C3CC[C@]4(C)[C@@H](C(=O)Cn5cc(C#N)cn5)CC[C@H]4[C@@H]3CC[C@@H]2C1. The summed E-state index contributed by atoms with van der Waals surface area (Å²) in [6, 6.07) is 2.10. The maximum atomic E-state index is 13.3. The van der Waals surface area contributed by atoms with Crippen LogP contribution in [0.4, 0.5) is 0 Å². The number of Topliss-reactive ketones (excluding diaryl/α,β-unsaturated/α-hetero) is 1. The van der Waals surface area contributed by atoms with Crippen molar-refractivity contribution in [3.63, 3.8) is 0 Å². The van der Waals surface area contributed by atoms with E-state index >= 15 is 0 Å². The predicted octanol–water partition coefficient (Wildman–Crippen LogP) is 4.31. The molecule has 0 aromatic carbocycles. The van der Waals surface area contributed by atoms with Crippen molar-refractivity contribution in [2.75, 3.05) is 0 Å². The van der Waals surface area contributed by atoms with Crippen LogP contribution >= 0.6 is 0 Å². The van der Waals surface area contributed by atoms with Gasteiger partial charge in [0.1, 0.15) is 6.07 Å². The normalized spacial score (nSPS) is 45.1. The fraction of sp³-hybridized carbons (Fsp3) is 0.800. The third kappa shape index (κ3) is 3.23. The van der Waals surface area contributed by atoms with Crippen LogP contribution in [0.2, 0.25) is 0 Å². The van der Waals surface area contributed by atoms with Crippen molar-refractivity contribution in [2.24, 2.45) is 46.7 Å². The number of carbonyl (C=O) groups excluding carboxylic acids is 1. The summed E-state index contributed by atoms with van der Waals surface area (Å²) in [5.41, 5.74) is 7.23. The van der Waals surface area contributed by atoms with E-state index < -0.39 is 0 Å². The Labute approximate surface area is 180 Å². The lowest BCUT2D eigenvalue weighted by atomic mass is 9.48. The molecule has 0 amide bonds. The van der Waals surface area contributed by atoms with Gasteiger partial charge in [0, 0.05) is 17.7 Å². The van der Waals surface area contributed by atoms with Gasteiger partial charge in [-0.05, 0) is 99.7 Å². The number of rotatable bonds is 3. The Morgan fingerprint density at radius 3 is 2.73 bits per heavy atom. The largest absolute Gasteiger partial charge is 0.325 e. The molecule has 0 bridgehead atoms. The summed E-state index contributed by atoms with van der Waals surface area (Å²) in [4.78, 5) is 13.3. The minimum absolute atomic E-state index is 0.0416. The zero-order chi connectivity index (χ0) is 21.1. The maximum Gasteiger partial charge on any atom is 0.157 e. The summed E-state index contributed by atoms with van der Waals surface area (Å²) in [6.07, 6.45) is 14.4. The Bertz CT molecular complexity index is 867. The molecular weight excluding hydrogens is 372 g/mol. The van der Waals surface area contributed by atoms with Gasteiger partial charge in [-0.3, -0.25) is 9.48 Å². The molecule has 5 heteroatoms. The number of aromatic nitrogens is 2. The van der Waals surface area contributed by atoms with Crippen molar-refractivity contribution >= 4 is 5.78 Å². The van der Waals surface area contributed by atoms with E-state index in [1.165, 1.54) is 51.4 Å². The van der Waals surface area contributed by atoms with Gasteiger partial charge in [0.2, 0.25) is 0 Å². The van der Waals surface area contributed by atoms with E-state index in [1.54, 1.807) is 17.1 Å². The molecule has 1 aromatic rings. The number of carbonyl (C=O) groups is 1. The summed E-state index contributed by atoms with van der Waals surface area (Å²) < 4.78 is 1.65. The van der Waals surface area contributed by atoms with Crippen LogP contribution in [0, 0.1) is 52.3 Å². The van der Waals surface area contributed by atoms with Crippen molar-refractivity contribution in [2.45, 2.75) is 83.7 Å². The lowest BCUT2D eigenvalue weighted by molar-refractivity contribution is -0.131. The van der Waals surface area contributed by atoms with Crippen LogP contribution < -0.4 is 5.73 Å². The van der Waals surface area contributed by atoms with Gasteiger partial charge in [-0.15, -0.1) is 0 Å². The second kappa shape index (κ2) is 7.19. The van der Waals surface area contributed by atoms with E-state index in [4.69, 9.17) is 11.0 Å². The number of nitrogens with zero attached hydrogens (tertiary/aromatic N) is 3. The summed E-state index contributed by atoms with van der Waals surface area (Å²) in [6.45, 7) is 4.97. The van der Waals surface area contributed by atoms with Crippen LogP contribution in [-0.2, 0) is 11.3 Å². The first-order valence-electron chi connectivity index (χ1n) is 12.0. The Hall–Kier alpha value is -1.67. The molecule has 2 unspecified atom stereocenters. The van der Waals surface area contributed by atoms with Crippen LogP contribution in [0.1, 0.15) is 77.2 Å². The molecule has 4 aliphatic rings. The first-order valence-corrected chi connectivity index (χ1v) is 12.0. The van der Waals surface area contributed by atoms with Crippen molar-refractivity contribution in [1.82, 2.24) is 9.78 Å². The minimum atomic E-state index is 0.0416. The van der Waals surface area contributed by atoms with Gasteiger partial charge in [0.05, 0.1) is 18.3 Å². The highest BCUT2D eigenvalue weighted by molar-refractivity contribution is 5.82. The predicted molar refractivity (Wildman–Crippen MR) is 115 cm³/mol. The van der Waals surface area contributed by atoms with E-state index in [0.29, 0.717) is 23.8 Å². The number of hydrogen-bond donors (Lipinski definition) is 1. The average Bonchev–Trinajstić information content (AvgIpc) is 3.30. The Balaban J connectivity index is 1.30. The highest BCUT2D eigenvalue weighted by Gasteiger charge is 2.58. The first-order chi connectivity index (χ1) is 14.3. The van der Waals surface area contributed by atoms with Crippen molar-refractivity contribution in [3.8, 4) is 6.07 Å². The highest BCUT2D eigenvalue weighted by atomic mass is 16.1. The molecule has 8 atom stereocenters. The van der Waals surface area contributed by atoms with Crippen molar-refractivity contribution in [1.29, 1.82) is 5.26 Å². The average molecular weight is 409 g/mol. The summed E-state index contributed by atoms with van der Waals surface area (Å²) in [7, 11) is 0. The van der Waals surface area contributed by atoms with Gasteiger partial charge < -0.3 is 5.73 Å². The number of nitriles is 1. The second-order valence-corrected chi connectivity index (χ2v) is 11.5. The smallest absolute Gasteiger partial charge is 0.157 e. The fourth-order valence-corrected chi connectivity index (χ4v) is 8.44. The van der Waals surface area contributed by atoms with Crippen LogP contribution in [0.5, 0.6) is 0 Å². The molecule has 0 saturated heterocycles. The van der Waals surface area contributed by atoms with E-state index in [-0.39, 0.29) is 16.9 Å². The molecule has 1 heterocycles. The number of hydrogen-bond acceptors (Lipinski definition) is 4. The van der Waals surface area contributed by atoms with Gasteiger partial charge in [-0.2, -0.15) is 10.4 Å². The first kappa shape index (κ1) is 20.2. The van der Waals surface area contributed by atoms with Gasteiger partial charge in [0.15, 0.2) is 5.78 Å². The van der Waals surface area contributed by atoms with Gasteiger partial charge >= 0.3 is 0 Å². The van der Waals surface area contributed by atoms with Crippen LogP contribution in [0.25, 0.3) is 0 Å². The highest BCUT2D eigenvalue weighted by Crippen LogP contribution is 2.64. The molecule has 4 fully saturated rings. The topological polar surface area (TPSA) is 84.7 Å². The van der Waals surface area contributed by atoms with Gasteiger partial charge in [0.25, 0.3) is 0 Å². The molecule has 4 aliphatic carbocycles. The number of fused-ring (bicyclic) bond motifs is 5. The molecule has 0 aliphatic heterocycles. The standard InChI is InChI=1S/C25H36N4O/c1-24(27)9-7-18-17(11-24)3-4-20-19(18)8-10-25(2)21(20)5-6-22(25)23(30)15-29-14-16(12-26)13-28-29/h13-14,17-22H,3-11,15,27H2,1-2H3/t17-,18+,19?,20-,21+,22-,24?,25+/m1/s1. The van der Waals surface area contributed by atoms with Crippen LogP contribution in [0.15, 0.2) is 12.4 Å². The van der Waals surface area contributed by atoms with Crippen LogP contribution in [-0.4, -0.2) is 21.1 Å². The summed E-state index contributed by atoms with van der Waals surface area (Å²) in [5, 5.41) is 13.2. The Morgan fingerprint density at radius 1 is 1.17 bits per heavy atom. The van der Waals surface area contributed by atoms with Crippen molar-refractivity contribution < 1.29 is 4.79 Å². The van der Waals surface area contributed by atoms with E-state index in [9.17, 15) is 4.79 Å². The van der Waals surface area contributed by atoms with E-state index in [2.05, 4.69) is 25.0 Å². The molecule has 2 N–H and O–H groups in total. The Morgan fingerprint density at radius 2 is 1.97 bits per heavy atom. The van der Waals surface area contributed by atoms with Crippen LogP contribution in [0.3, 0.4) is 0 Å². The van der Waals surface area contributed by atoms with E-state index in [0.717, 1.165) is 30.1 Å². The monoisotopic (exact) mass is 408 g/mol. The molecule has 5 rings (SSSR count). The third-order valence-electron chi connectivity index (χ3n) is 9.76. The fourth-order valence-electron chi connectivity index (χ4n) is 8.44. The third-order valence-corrected chi connectivity index (χ3v) is 9.76. The molecule has 0 spiro atoms. The van der Waals surface area contributed by atoms with Crippen molar-refractivity contribution in [3.05, 3.63) is 18.0 Å². The molecule has 30 heavy (non-hydrogen) atoms. The zero-order valence-electron chi connectivity index (χ0n) is 18.5. The lowest BCUT2D eigenvalue weighted by Gasteiger charge is -2.57. The molecule has 162 valence electrons. The number of ketones is 1. The number of nitrogens with two attached hydrogens (primary N) is 1. The van der Waals surface area contributed by atoms with Gasteiger partial charge in [-0.1, -0.05) is 6.92 Å². The molecule has 5 nitrogen and oxygen atoms in total. The molecule has 1 aromatic heterocycles. The minimum Gasteiger partial charge on any atom is -0.325 e. The molecular formula is C25H36N4O. The maximum absolute atomic E-state index is 13.3. The zero-order valence-corrected chi connectivity index (χ0v) is 18.5. The molecule has 0 radical (unpaired) electrons. The summed E-state index contributed by atoms with van der Waals surface area (Å²) >= 11 is 0. The Kier molecular flexibility index (Phi) is 4.85. The second-order valence-electron chi connectivity index (χ2n) is 11.5. The van der Waals surface area contributed by atoms with Gasteiger partial charge in [-0.25, -0.2) is 0 Å². The lowest BCUT2D eigenvalue weighted by Crippen LogP contribution is -2.52. The quantitative estimate of drug-likeness (QED) is 0.807. The van der Waals surface area contributed by atoms with E-state index in [1.807, 2.05) is 0 Å². The molecule has 4 saturated carbocycles. The summed E-state index contributed by atoms with van der Waals surface area (Å²) in [5.74, 6) is 4.52.